The second-order valence-corrected chi connectivity index (χ2v) is 7.36. The number of nitrogens with two attached hydrogens (primary N) is 1. The van der Waals surface area contributed by atoms with Crippen molar-refractivity contribution in [2.45, 2.75) is 59.0 Å². The second kappa shape index (κ2) is 6.00. The van der Waals surface area contributed by atoms with Gasteiger partial charge in [0.25, 0.3) is 0 Å². The molecular formula is C14H27ClN4O. The number of aromatic nitrogens is 2. The zero-order valence-corrected chi connectivity index (χ0v) is 14.0. The number of rotatable bonds is 2. The summed E-state index contributed by atoms with van der Waals surface area (Å²) in [6.07, 6.45) is 1.02. The highest BCUT2D eigenvalue weighted by Gasteiger charge is 2.34. The van der Waals surface area contributed by atoms with Gasteiger partial charge in [-0.1, -0.05) is 39.8 Å². The van der Waals surface area contributed by atoms with E-state index in [1.54, 1.807) is 0 Å². The van der Waals surface area contributed by atoms with Crippen LogP contribution < -0.4 is 5.73 Å². The van der Waals surface area contributed by atoms with Crippen LogP contribution >= 0.6 is 12.4 Å². The summed E-state index contributed by atoms with van der Waals surface area (Å²) in [5.74, 6) is 1.48. The van der Waals surface area contributed by atoms with Gasteiger partial charge in [-0.25, -0.2) is 0 Å². The molecule has 2 N–H and O–H groups in total. The van der Waals surface area contributed by atoms with E-state index in [0.717, 1.165) is 31.9 Å². The summed E-state index contributed by atoms with van der Waals surface area (Å²) in [6.45, 7) is 13.4. The van der Waals surface area contributed by atoms with Crippen molar-refractivity contribution in [3.8, 4) is 0 Å². The first-order chi connectivity index (χ1) is 8.68. The van der Waals surface area contributed by atoms with Crippen LogP contribution in [0.3, 0.4) is 0 Å². The van der Waals surface area contributed by atoms with Gasteiger partial charge in [0.1, 0.15) is 0 Å². The van der Waals surface area contributed by atoms with E-state index in [9.17, 15) is 0 Å². The van der Waals surface area contributed by atoms with Gasteiger partial charge in [-0.15, -0.1) is 12.4 Å². The van der Waals surface area contributed by atoms with Gasteiger partial charge in [0.05, 0.1) is 6.54 Å². The molecule has 1 saturated heterocycles. The molecule has 0 spiro atoms. The molecule has 2 heterocycles. The first-order valence-corrected chi connectivity index (χ1v) is 6.99. The fourth-order valence-electron chi connectivity index (χ4n) is 2.44. The molecule has 0 aromatic carbocycles. The highest BCUT2D eigenvalue weighted by Crippen LogP contribution is 2.28. The SMILES string of the molecule is CC(C)(C)c1nc(CN2CCC(N)C(C)(C)C2)no1.Cl. The molecule has 1 fully saturated rings. The lowest BCUT2D eigenvalue weighted by Crippen LogP contribution is -2.52. The lowest BCUT2D eigenvalue weighted by molar-refractivity contribution is 0.0872. The molecule has 0 radical (unpaired) electrons. The molecule has 1 aliphatic heterocycles. The van der Waals surface area contributed by atoms with Gasteiger partial charge in [-0.05, 0) is 11.8 Å². The second-order valence-electron chi connectivity index (χ2n) is 7.36. The third-order valence-electron chi connectivity index (χ3n) is 3.87. The molecule has 20 heavy (non-hydrogen) atoms. The van der Waals surface area contributed by atoms with Gasteiger partial charge in [0.15, 0.2) is 5.82 Å². The average molecular weight is 303 g/mol. The van der Waals surface area contributed by atoms with E-state index >= 15 is 0 Å². The van der Waals surface area contributed by atoms with Gasteiger partial charge < -0.3 is 10.3 Å². The van der Waals surface area contributed by atoms with Gasteiger partial charge >= 0.3 is 0 Å². The molecule has 0 aliphatic carbocycles. The van der Waals surface area contributed by atoms with Crippen LogP contribution in [0.4, 0.5) is 0 Å². The minimum atomic E-state index is -0.0885. The van der Waals surface area contributed by atoms with Crippen LogP contribution in [0.1, 0.15) is 52.8 Å². The maximum absolute atomic E-state index is 6.15. The number of hydrogen-bond donors (Lipinski definition) is 1. The fourth-order valence-corrected chi connectivity index (χ4v) is 2.44. The topological polar surface area (TPSA) is 68.2 Å². The van der Waals surface area contributed by atoms with Crippen LogP contribution in [0.2, 0.25) is 0 Å². The standard InChI is InChI=1S/C14H26N4O.ClH/c1-13(2,3)12-16-11(17-19-12)8-18-7-6-10(15)14(4,5)9-18;/h10H,6-9,15H2,1-5H3;1H. The van der Waals surface area contributed by atoms with Crippen LogP contribution in [-0.4, -0.2) is 34.2 Å². The summed E-state index contributed by atoms with van der Waals surface area (Å²) >= 11 is 0. The molecule has 5 nitrogen and oxygen atoms in total. The van der Waals surface area contributed by atoms with E-state index < -0.39 is 0 Å². The lowest BCUT2D eigenvalue weighted by Gasteiger charge is -2.42. The van der Waals surface area contributed by atoms with Gasteiger partial charge in [0.2, 0.25) is 5.89 Å². The third-order valence-corrected chi connectivity index (χ3v) is 3.87. The van der Waals surface area contributed by atoms with Crippen molar-refractivity contribution in [2.75, 3.05) is 13.1 Å². The molecule has 0 saturated carbocycles. The van der Waals surface area contributed by atoms with Crippen molar-refractivity contribution in [3.05, 3.63) is 11.7 Å². The van der Waals surface area contributed by atoms with Gasteiger partial charge in [-0.2, -0.15) is 4.98 Å². The summed E-state index contributed by atoms with van der Waals surface area (Å²) in [7, 11) is 0. The van der Waals surface area contributed by atoms with Crippen LogP contribution in [0.5, 0.6) is 0 Å². The Balaban J connectivity index is 0.00000200. The highest BCUT2D eigenvalue weighted by atomic mass is 35.5. The van der Waals surface area contributed by atoms with E-state index in [4.69, 9.17) is 10.3 Å². The summed E-state index contributed by atoms with van der Waals surface area (Å²) in [5, 5.41) is 4.08. The molecule has 116 valence electrons. The summed E-state index contributed by atoms with van der Waals surface area (Å²) in [6, 6.07) is 0.277. The number of nitrogens with zero attached hydrogens (tertiary/aromatic N) is 3. The molecule has 0 bridgehead atoms. The molecule has 1 aromatic heterocycles. The Morgan fingerprint density at radius 2 is 2.05 bits per heavy atom. The largest absolute Gasteiger partial charge is 0.339 e. The molecule has 0 amide bonds. The first kappa shape index (κ1) is 17.4. The maximum atomic E-state index is 6.15. The predicted octanol–water partition coefficient (Wildman–Crippen LogP) is 2.35. The van der Waals surface area contributed by atoms with Crippen molar-refractivity contribution in [3.63, 3.8) is 0 Å². The van der Waals surface area contributed by atoms with E-state index in [1.807, 2.05) is 0 Å². The minimum Gasteiger partial charge on any atom is -0.339 e. The minimum absolute atomic E-state index is 0. The molecule has 2 rings (SSSR count). The first-order valence-electron chi connectivity index (χ1n) is 6.99. The van der Waals surface area contributed by atoms with Gasteiger partial charge in [-0.3, -0.25) is 4.90 Å². The van der Waals surface area contributed by atoms with Crippen molar-refractivity contribution in [2.24, 2.45) is 11.1 Å². The van der Waals surface area contributed by atoms with Crippen LogP contribution in [0.15, 0.2) is 4.52 Å². The summed E-state index contributed by atoms with van der Waals surface area (Å²) < 4.78 is 5.33. The Kier molecular flexibility index (Phi) is 5.22. The van der Waals surface area contributed by atoms with E-state index in [1.165, 1.54) is 0 Å². The normalized spacial score (nSPS) is 23.4. The van der Waals surface area contributed by atoms with Crippen molar-refractivity contribution >= 4 is 12.4 Å². The smallest absolute Gasteiger partial charge is 0.232 e. The van der Waals surface area contributed by atoms with Crippen molar-refractivity contribution in [1.29, 1.82) is 0 Å². The Bertz CT molecular complexity index is 439. The summed E-state index contributed by atoms with van der Waals surface area (Å²) in [5.41, 5.74) is 6.21. The fraction of sp³-hybridized carbons (Fsp3) is 0.857. The number of piperidine rings is 1. The Labute approximate surface area is 127 Å². The van der Waals surface area contributed by atoms with E-state index in [-0.39, 0.29) is 29.3 Å². The zero-order valence-electron chi connectivity index (χ0n) is 13.1. The number of halogens is 1. The monoisotopic (exact) mass is 302 g/mol. The Morgan fingerprint density at radius 1 is 1.40 bits per heavy atom. The summed E-state index contributed by atoms with van der Waals surface area (Å²) in [4.78, 5) is 6.85. The molecule has 6 heteroatoms. The molecular weight excluding hydrogens is 276 g/mol. The van der Waals surface area contributed by atoms with Crippen molar-refractivity contribution < 1.29 is 4.52 Å². The van der Waals surface area contributed by atoms with Crippen LogP contribution in [0, 0.1) is 5.41 Å². The Morgan fingerprint density at radius 3 is 2.55 bits per heavy atom. The average Bonchev–Trinajstić information content (AvgIpc) is 2.71. The molecule has 1 atom stereocenters. The maximum Gasteiger partial charge on any atom is 0.232 e. The number of hydrogen-bond acceptors (Lipinski definition) is 5. The quantitative estimate of drug-likeness (QED) is 0.908. The molecule has 1 unspecified atom stereocenters. The third kappa shape index (κ3) is 3.93. The molecule has 1 aliphatic rings. The zero-order chi connectivity index (χ0) is 14.3. The molecule has 1 aromatic rings. The van der Waals surface area contributed by atoms with E-state index in [0.29, 0.717) is 5.89 Å². The van der Waals surface area contributed by atoms with E-state index in [2.05, 4.69) is 49.7 Å². The van der Waals surface area contributed by atoms with Gasteiger partial charge in [0, 0.05) is 24.5 Å². The van der Waals surface area contributed by atoms with Crippen LogP contribution in [-0.2, 0) is 12.0 Å². The number of likely N-dealkylation sites (tertiary alicyclic amines) is 1. The lowest BCUT2D eigenvalue weighted by atomic mass is 9.80. The Hall–Kier alpha value is -0.650. The van der Waals surface area contributed by atoms with Crippen molar-refractivity contribution in [1.82, 2.24) is 15.0 Å². The van der Waals surface area contributed by atoms with Crippen LogP contribution in [0.25, 0.3) is 0 Å². The predicted molar refractivity (Wildman–Crippen MR) is 81.9 cm³/mol. The highest BCUT2D eigenvalue weighted by molar-refractivity contribution is 5.85.